The summed E-state index contributed by atoms with van der Waals surface area (Å²) in [6, 6.07) is 90.3. The van der Waals surface area contributed by atoms with Crippen molar-refractivity contribution in [2.75, 3.05) is 19.6 Å². The number of benzene rings is 9. The van der Waals surface area contributed by atoms with Crippen molar-refractivity contribution in [1.82, 2.24) is 4.98 Å². The van der Waals surface area contributed by atoms with Gasteiger partial charge in [0.25, 0.3) is 0 Å². The third-order valence-electron chi connectivity index (χ3n) is 13.8. The van der Waals surface area contributed by atoms with E-state index in [9.17, 15) is 0 Å². The van der Waals surface area contributed by atoms with Gasteiger partial charge in [-0.3, -0.25) is 0 Å². The van der Waals surface area contributed by atoms with Crippen molar-refractivity contribution in [1.29, 1.82) is 0 Å². The van der Waals surface area contributed by atoms with Gasteiger partial charge in [0.1, 0.15) is 0 Å². The first kappa shape index (κ1) is 48.7. The first-order valence-corrected chi connectivity index (χ1v) is 25.3. The van der Waals surface area contributed by atoms with Gasteiger partial charge in [0.15, 0.2) is 0 Å². The molecule has 9 aromatic carbocycles. The Balaban J connectivity index is 0.00000602. The van der Waals surface area contributed by atoms with Gasteiger partial charge in [-0.2, -0.15) is 47.5 Å². The first-order valence-electron chi connectivity index (χ1n) is 25.3. The normalized spacial score (nSPS) is 12.9. The van der Waals surface area contributed by atoms with Gasteiger partial charge < -0.3 is 24.6 Å². The number of aromatic nitrogens is 1. The molecule has 6 heteroatoms. The summed E-state index contributed by atoms with van der Waals surface area (Å²) in [6.07, 6.45) is 13.9. The zero-order chi connectivity index (χ0) is 49.5. The van der Waals surface area contributed by atoms with Gasteiger partial charge in [-0.05, 0) is 118 Å². The Labute approximate surface area is 455 Å². The van der Waals surface area contributed by atoms with E-state index in [2.05, 4.69) is 282 Å². The summed E-state index contributed by atoms with van der Waals surface area (Å²) < 4.78 is 0. The summed E-state index contributed by atoms with van der Waals surface area (Å²) in [5.74, 6) is 0. The summed E-state index contributed by atoms with van der Waals surface area (Å²) in [4.78, 5) is 13.5. The van der Waals surface area contributed by atoms with Crippen LogP contribution in [0.5, 0.6) is 0 Å². The Morgan fingerprint density at radius 3 is 1.35 bits per heavy atom. The van der Waals surface area contributed by atoms with Crippen LogP contribution in [-0.2, 0) is 45.8 Å². The summed E-state index contributed by atoms with van der Waals surface area (Å²) in [5, 5.41) is 0. The molecule has 0 spiro atoms. The number of hydrogen-bond donors (Lipinski definition) is 0. The monoisotopic (exact) mass is 1140 g/mol. The zero-order valence-electron chi connectivity index (χ0n) is 41.3. The van der Waals surface area contributed by atoms with E-state index >= 15 is 0 Å². The van der Waals surface area contributed by atoms with Crippen LogP contribution in [0.1, 0.15) is 22.3 Å². The first-order chi connectivity index (χ1) is 36.6. The Kier molecular flexibility index (Phi) is 14.7. The van der Waals surface area contributed by atoms with E-state index in [0.717, 1.165) is 81.9 Å². The van der Waals surface area contributed by atoms with Crippen LogP contribution in [0.4, 0.5) is 22.7 Å². The van der Waals surface area contributed by atoms with Crippen molar-refractivity contribution < 1.29 is 20.1 Å². The van der Waals surface area contributed by atoms with E-state index in [1.807, 2.05) is 24.4 Å². The molecule has 12 rings (SSSR count). The minimum atomic E-state index is 0. The topological polar surface area (TPSA) is 25.9 Å². The average molecular weight is 1140 g/mol. The minimum Gasteiger partial charge on any atom is -0.500 e. The number of aryl methyl sites for hydroxylation is 4. The number of pyridine rings is 1. The molecular formula is C69H52IrN5-5. The number of hydrogen-bond acceptors (Lipinski definition) is 5. The Hall–Kier alpha value is -8.54. The molecule has 2 aliphatic heterocycles. The zero-order valence-corrected chi connectivity index (χ0v) is 43.7. The Morgan fingerprint density at radius 2 is 0.827 bits per heavy atom. The fourth-order valence-electron chi connectivity index (χ4n) is 9.79. The van der Waals surface area contributed by atoms with Gasteiger partial charge >= 0.3 is 0 Å². The molecule has 1 radical (unpaired) electrons. The molecule has 0 amide bonds. The third kappa shape index (κ3) is 11.3. The van der Waals surface area contributed by atoms with Crippen molar-refractivity contribution in [3.8, 4) is 55.8 Å². The van der Waals surface area contributed by atoms with Crippen LogP contribution in [0.2, 0.25) is 0 Å². The van der Waals surface area contributed by atoms with Crippen LogP contribution in [-0.4, -0.2) is 4.98 Å². The maximum Gasteiger partial charge on any atom is 0.0239 e. The second-order valence-corrected chi connectivity index (χ2v) is 18.7. The maximum absolute atomic E-state index is 5.05. The molecule has 1 aromatic heterocycles. The predicted molar refractivity (Wildman–Crippen MR) is 305 cm³/mol. The van der Waals surface area contributed by atoms with Crippen molar-refractivity contribution in [3.05, 3.63) is 309 Å². The minimum absolute atomic E-state index is 0. The van der Waals surface area contributed by atoms with Crippen LogP contribution < -0.4 is 19.6 Å². The largest absolute Gasteiger partial charge is 0.500 e. The molecule has 0 bridgehead atoms. The number of para-hydroxylation sites is 2. The summed E-state index contributed by atoms with van der Waals surface area (Å²) in [6.45, 7) is 4.19. The third-order valence-corrected chi connectivity index (χ3v) is 13.8. The van der Waals surface area contributed by atoms with Gasteiger partial charge in [0, 0.05) is 37.7 Å². The Bertz CT molecular complexity index is 3410. The summed E-state index contributed by atoms with van der Waals surface area (Å²) >= 11 is 0. The van der Waals surface area contributed by atoms with E-state index in [1.54, 1.807) is 0 Å². The van der Waals surface area contributed by atoms with Gasteiger partial charge in [-0.15, -0.1) is 72.2 Å². The molecule has 3 heterocycles. The second-order valence-electron chi connectivity index (χ2n) is 18.7. The number of nitrogens with zero attached hydrogens (tertiary/aromatic N) is 5. The molecule has 0 unspecified atom stereocenters. The number of rotatable bonds is 15. The molecule has 75 heavy (non-hydrogen) atoms. The van der Waals surface area contributed by atoms with Crippen molar-refractivity contribution >= 4 is 22.7 Å². The molecule has 0 N–H and O–H groups in total. The molecule has 0 atom stereocenters. The van der Waals surface area contributed by atoms with Crippen LogP contribution in [0.3, 0.4) is 0 Å². The quantitative estimate of drug-likeness (QED) is 0.0953. The van der Waals surface area contributed by atoms with Crippen LogP contribution in [0.25, 0.3) is 55.8 Å². The smallest absolute Gasteiger partial charge is 0.0239 e. The number of anilines is 4. The molecule has 5 nitrogen and oxygen atoms in total. The molecule has 10 aromatic rings. The van der Waals surface area contributed by atoms with Crippen molar-refractivity contribution in [2.24, 2.45) is 0 Å². The van der Waals surface area contributed by atoms with Crippen molar-refractivity contribution in [2.45, 2.75) is 25.7 Å². The molecule has 2 aliphatic rings. The van der Waals surface area contributed by atoms with Gasteiger partial charge in [0.05, 0.1) is 0 Å². The second kappa shape index (κ2) is 22.7. The van der Waals surface area contributed by atoms with Gasteiger partial charge in [0.2, 0.25) is 0 Å². The van der Waals surface area contributed by atoms with E-state index in [-0.39, 0.29) is 20.1 Å². The van der Waals surface area contributed by atoms with Gasteiger partial charge in [-0.1, -0.05) is 158 Å². The average Bonchev–Trinajstić information content (AvgIpc) is 4.20. The maximum atomic E-state index is 5.05. The van der Waals surface area contributed by atoms with E-state index in [4.69, 9.17) is 4.98 Å². The molecule has 367 valence electrons. The van der Waals surface area contributed by atoms with E-state index in [0.29, 0.717) is 0 Å². The van der Waals surface area contributed by atoms with E-state index in [1.165, 1.54) is 44.5 Å². The standard InChI is InChI=1S/C69H52N5.Ir/c1-4-13-56(14-5-1)57-31-33-58(34-32-57)59-15-12-16-60(48-59)69-40-35-61(49-70-69)67-21-10-11-22-68(67)62-46-54(25-23-52-27-36-65(37-28-52)73-43-41-71(50-73)63-17-6-2-7-18-63)45-55(47-62)26-24-53-29-38-66(39-30-53)74-44-42-72(51-74)64-19-8-3-9-20-64;/h1-15,17-22,27-36,38,40-51H,23-26H2;/q-5;. The molecule has 0 saturated carbocycles. The fourth-order valence-corrected chi connectivity index (χ4v) is 9.79. The van der Waals surface area contributed by atoms with E-state index < -0.39 is 0 Å². The van der Waals surface area contributed by atoms with Gasteiger partial charge in [-0.25, -0.2) is 0 Å². The predicted octanol–water partition coefficient (Wildman–Crippen LogP) is 16.2. The van der Waals surface area contributed by atoms with Crippen molar-refractivity contribution in [3.63, 3.8) is 0 Å². The summed E-state index contributed by atoms with van der Waals surface area (Å²) in [7, 11) is 0. The molecular weight excluding hydrogens is 1090 g/mol. The SMILES string of the molecule is [Ir].[c-]1ccc(-c2ccc(-c3ccccc3)cc2)cc1-c1ccc(-c2ccccc2-c2cc(CCc3c[c-]c(N4C=CN(c5ccccc5)[CH-]4)cc3)cc(CCc3c[c-]c(N4C=CN(c5ccccc5)[CH-]4)cc3)c2)cn1. The van der Waals surface area contributed by atoms with Crippen LogP contribution in [0, 0.1) is 31.5 Å². The molecule has 0 fully saturated rings. The van der Waals surface area contributed by atoms with Crippen LogP contribution in [0.15, 0.2) is 255 Å². The fraction of sp³-hybridized carbons (Fsp3) is 0.0580. The molecule has 0 saturated heterocycles. The van der Waals surface area contributed by atoms with Crippen LogP contribution >= 0.6 is 0 Å². The summed E-state index contributed by atoms with van der Waals surface area (Å²) in [5.41, 5.74) is 20.6. The Morgan fingerprint density at radius 1 is 0.360 bits per heavy atom. The molecule has 0 aliphatic carbocycles.